The second kappa shape index (κ2) is 7.06. The molecule has 132 valence electrons. The number of nitrogens with two attached hydrogens (primary N) is 1. The highest BCUT2D eigenvalue weighted by molar-refractivity contribution is 5.83. The molecule has 2 heterocycles. The summed E-state index contributed by atoms with van der Waals surface area (Å²) in [5.74, 6) is 0.474. The lowest BCUT2D eigenvalue weighted by molar-refractivity contribution is -0.122. The summed E-state index contributed by atoms with van der Waals surface area (Å²) in [6.07, 6.45) is 1.39. The van der Waals surface area contributed by atoms with E-state index < -0.39 is 6.04 Å². The van der Waals surface area contributed by atoms with Crippen LogP contribution < -0.4 is 11.1 Å². The normalized spacial score (nSPS) is 12.5. The zero-order chi connectivity index (χ0) is 18.0. The maximum absolute atomic E-state index is 12.2. The highest BCUT2D eigenvalue weighted by Gasteiger charge is 2.21. The number of H-pyrrole nitrogens is 1. The third kappa shape index (κ3) is 3.71. The van der Waals surface area contributed by atoms with Crippen molar-refractivity contribution in [1.82, 2.24) is 20.5 Å². The molecule has 7 heteroatoms. The summed E-state index contributed by atoms with van der Waals surface area (Å²) < 4.78 is 5.73. The lowest BCUT2D eigenvalue weighted by atomic mass is 10.1. The van der Waals surface area contributed by atoms with Crippen molar-refractivity contribution in [3.05, 3.63) is 46.6 Å². The number of carbonyl (C=O) groups excluding carboxylic acids is 1. The Morgan fingerprint density at radius 2 is 2.16 bits per heavy atom. The molecule has 0 fully saturated rings. The number of aromatic amines is 1. The number of aryl methyl sites for hydroxylation is 4. The summed E-state index contributed by atoms with van der Waals surface area (Å²) in [4.78, 5) is 16.7. The van der Waals surface area contributed by atoms with Gasteiger partial charge < -0.3 is 15.5 Å². The number of aromatic nitrogens is 3. The molecule has 3 rings (SSSR count). The van der Waals surface area contributed by atoms with Crippen LogP contribution in [0.15, 0.2) is 22.6 Å². The first kappa shape index (κ1) is 17.2. The highest BCUT2D eigenvalue weighted by atomic mass is 16.3. The third-order valence-corrected chi connectivity index (χ3v) is 4.23. The molecule has 0 saturated heterocycles. The SMILES string of the molecule is Cc1ccc2nc(CCCNC(=O)[C@H](N)c3c(C)n[nH]c3C)oc2c1. The van der Waals surface area contributed by atoms with Gasteiger partial charge in [0.05, 0.1) is 5.69 Å². The van der Waals surface area contributed by atoms with Crippen LogP contribution in [0, 0.1) is 20.8 Å². The number of rotatable bonds is 6. The Balaban J connectivity index is 1.51. The molecule has 0 aliphatic heterocycles. The molecule has 0 aliphatic rings. The van der Waals surface area contributed by atoms with Crippen LogP contribution in [0.3, 0.4) is 0 Å². The van der Waals surface area contributed by atoms with E-state index in [0.717, 1.165) is 40.0 Å². The fourth-order valence-electron chi connectivity index (χ4n) is 2.90. The largest absolute Gasteiger partial charge is 0.441 e. The van der Waals surface area contributed by atoms with Gasteiger partial charge in [-0.05, 0) is 44.9 Å². The summed E-state index contributed by atoms with van der Waals surface area (Å²) in [5, 5.41) is 9.79. The zero-order valence-corrected chi connectivity index (χ0v) is 14.7. The van der Waals surface area contributed by atoms with Crippen LogP contribution >= 0.6 is 0 Å². The van der Waals surface area contributed by atoms with Crippen LogP contribution in [0.4, 0.5) is 0 Å². The van der Waals surface area contributed by atoms with Crippen LogP contribution in [-0.4, -0.2) is 27.6 Å². The molecule has 3 aromatic rings. The van der Waals surface area contributed by atoms with Gasteiger partial charge in [-0.3, -0.25) is 9.89 Å². The Bertz CT molecular complexity index is 877. The number of oxazole rings is 1. The minimum Gasteiger partial charge on any atom is -0.441 e. The lowest BCUT2D eigenvalue weighted by Crippen LogP contribution is -2.35. The van der Waals surface area contributed by atoms with Crippen molar-refractivity contribution in [3.8, 4) is 0 Å². The minimum absolute atomic E-state index is 0.208. The molecule has 7 nitrogen and oxygen atoms in total. The van der Waals surface area contributed by atoms with Crippen LogP contribution in [0.1, 0.15) is 40.9 Å². The molecule has 0 aliphatic carbocycles. The highest BCUT2D eigenvalue weighted by Crippen LogP contribution is 2.19. The van der Waals surface area contributed by atoms with E-state index in [1.165, 1.54) is 0 Å². The maximum Gasteiger partial charge on any atom is 0.241 e. The Morgan fingerprint density at radius 3 is 2.88 bits per heavy atom. The predicted octanol–water partition coefficient (Wildman–Crippen LogP) is 2.22. The van der Waals surface area contributed by atoms with Gasteiger partial charge in [0.15, 0.2) is 11.5 Å². The first-order valence-corrected chi connectivity index (χ1v) is 8.36. The van der Waals surface area contributed by atoms with Gasteiger partial charge in [0, 0.05) is 24.2 Å². The summed E-state index contributed by atoms with van der Waals surface area (Å²) >= 11 is 0. The number of fused-ring (bicyclic) bond motifs is 1. The number of carbonyl (C=O) groups is 1. The Hall–Kier alpha value is -2.67. The minimum atomic E-state index is -0.717. The second-order valence-electron chi connectivity index (χ2n) is 6.30. The molecule has 0 unspecified atom stereocenters. The van der Waals surface area contributed by atoms with E-state index in [0.29, 0.717) is 18.9 Å². The molecule has 0 bridgehead atoms. The van der Waals surface area contributed by atoms with Crippen LogP contribution in [0.25, 0.3) is 11.1 Å². The topological polar surface area (TPSA) is 110 Å². The second-order valence-corrected chi connectivity index (χ2v) is 6.30. The Labute approximate surface area is 146 Å². The number of hydrogen-bond donors (Lipinski definition) is 3. The average molecular weight is 341 g/mol. The van der Waals surface area contributed by atoms with Crippen molar-refractivity contribution < 1.29 is 9.21 Å². The van der Waals surface area contributed by atoms with Gasteiger partial charge in [0.25, 0.3) is 0 Å². The van der Waals surface area contributed by atoms with E-state index in [2.05, 4.69) is 20.5 Å². The molecule has 0 radical (unpaired) electrons. The fraction of sp³-hybridized carbons (Fsp3) is 0.389. The molecule has 25 heavy (non-hydrogen) atoms. The number of nitrogens with zero attached hydrogens (tertiary/aromatic N) is 2. The van der Waals surface area contributed by atoms with E-state index in [-0.39, 0.29) is 5.91 Å². The number of nitrogens with one attached hydrogen (secondary N) is 2. The molecular weight excluding hydrogens is 318 g/mol. The van der Waals surface area contributed by atoms with Crippen molar-refractivity contribution in [2.75, 3.05) is 6.54 Å². The molecule has 0 spiro atoms. The van der Waals surface area contributed by atoms with Crippen LogP contribution in [0.5, 0.6) is 0 Å². The predicted molar refractivity (Wildman–Crippen MR) is 95.1 cm³/mol. The quantitative estimate of drug-likeness (QED) is 0.596. The maximum atomic E-state index is 12.2. The van der Waals surface area contributed by atoms with Crippen molar-refractivity contribution in [1.29, 1.82) is 0 Å². The molecule has 4 N–H and O–H groups in total. The monoisotopic (exact) mass is 341 g/mol. The van der Waals surface area contributed by atoms with Gasteiger partial charge in [-0.1, -0.05) is 6.07 Å². The van der Waals surface area contributed by atoms with Gasteiger partial charge >= 0.3 is 0 Å². The van der Waals surface area contributed by atoms with E-state index in [1.807, 2.05) is 39.0 Å². The Kier molecular flexibility index (Phi) is 4.85. The van der Waals surface area contributed by atoms with Crippen molar-refractivity contribution in [2.24, 2.45) is 5.73 Å². The van der Waals surface area contributed by atoms with Gasteiger partial charge in [-0.15, -0.1) is 0 Å². The van der Waals surface area contributed by atoms with Gasteiger partial charge in [0.2, 0.25) is 5.91 Å². The Morgan fingerprint density at radius 1 is 1.36 bits per heavy atom. The standard InChI is InChI=1S/C18H23N5O2/c1-10-6-7-13-14(9-10)25-15(21-13)5-4-8-20-18(24)17(19)16-11(2)22-23-12(16)3/h6-7,9,17H,4-5,8,19H2,1-3H3,(H,20,24)(H,22,23)/t17-/m1/s1. The van der Waals surface area contributed by atoms with Crippen molar-refractivity contribution >= 4 is 17.0 Å². The first-order chi connectivity index (χ1) is 12.0. The zero-order valence-electron chi connectivity index (χ0n) is 14.7. The van der Waals surface area contributed by atoms with Gasteiger partial charge in [0.1, 0.15) is 11.6 Å². The fourth-order valence-corrected chi connectivity index (χ4v) is 2.90. The van der Waals surface area contributed by atoms with E-state index in [4.69, 9.17) is 10.2 Å². The molecule has 2 aromatic heterocycles. The summed E-state index contributed by atoms with van der Waals surface area (Å²) in [6, 6.07) is 5.22. The summed E-state index contributed by atoms with van der Waals surface area (Å²) in [5.41, 5.74) is 11.2. The van der Waals surface area contributed by atoms with Crippen LogP contribution in [0.2, 0.25) is 0 Å². The number of hydrogen-bond acceptors (Lipinski definition) is 5. The first-order valence-electron chi connectivity index (χ1n) is 8.36. The van der Waals surface area contributed by atoms with Crippen molar-refractivity contribution in [3.63, 3.8) is 0 Å². The number of amides is 1. The van der Waals surface area contributed by atoms with E-state index >= 15 is 0 Å². The smallest absolute Gasteiger partial charge is 0.241 e. The van der Waals surface area contributed by atoms with Gasteiger partial charge in [-0.25, -0.2) is 4.98 Å². The average Bonchev–Trinajstić information content (AvgIpc) is 3.13. The van der Waals surface area contributed by atoms with E-state index in [9.17, 15) is 4.79 Å². The molecule has 1 atom stereocenters. The molecule has 1 amide bonds. The molecule has 1 aromatic carbocycles. The molecular formula is C18H23N5O2. The molecule has 0 saturated carbocycles. The van der Waals surface area contributed by atoms with E-state index in [1.54, 1.807) is 0 Å². The number of benzene rings is 1. The van der Waals surface area contributed by atoms with Crippen LogP contribution in [-0.2, 0) is 11.2 Å². The lowest BCUT2D eigenvalue weighted by Gasteiger charge is -2.12. The third-order valence-electron chi connectivity index (χ3n) is 4.23. The summed E-state index contributed by atoms with van der Waals surface area (Å²) in [6.45, 7) is 6.22. The van der Waals surface area contributed by atoms with Crippen molar-refractivity contribution in [2.45, 2.75) is 39.7 Å². The van der Waals surface area contributed by atoms with Gasteiger partial charge in [-0.2, -0.15) is 5.10 Å². The summed E-state index contributed by atoms with van der Waals surface area (Å²) in [7, 11) is 0.